The van der Waals surface area contributed by atoms with Crippen molar-refractivity contribution in [3.63, 3.8) is 0 Å². The molecular weight excluding hydrogens is 271 g/mol. The van der Waals surface area contributed by atoms with Crippen LogP contribution in [0.5, 0.6) is 0 Å². The van der Waals surface area contributed by atoms with Gasteiger partial charge in [-0.3, -0.25) is 4.79 Å². The van der Waals surface area contributed by atoms with Crippen molar-refractivity contribution < 1.29 is 13.9 Å². The maximum Gasteiger partial charge on any atom is 0.167 e. The monoisotopic (exact) mass is 294 g/mol. The van der Waals surface area contributed by atoms with E-state index in [-0.39, 0.29) is 24.7 Å². The van der Waals surface area contributed by atoms with Crippen molar-refractivity contribution in [2.75, 3.05) is 13.7 Å². The van der Waals surface area contributed by atoms with E-state index in [0.717, 1.165) is 12.0 Å². The number of nitrogens with one attached hydrogen (secondary N) is 1. The Balaban J connectivity index is 2.84. The third kappa shape index (κ3) is 5.55. The Morgan fingerprint density at radius 3 is 2.76 bits per heavy atom. The fraction of sp³-hybridized carbons (Fsp3) is 0.438. The van der Waals surface area contributed by atoms with Gasteiger partial charge in [0.1, 0.15) is 5.82 Å². The van der Waals surface area contributed by atoms with E-state index in [1.165, 1.54) is 13.2 Å². The maximum absolute atomic E-state index is 13.8. The van der Waals surface area contributed by atoms with Crippen LogP contribution >= 0.6 is 0 Å². The summed E-state index contributed by atoms with van der Waals surface area (Å²) in [7, 11) is 1.50. The molecule has 1 aromatic rings. The van der Waals surface area contributed by atoms with E-state index in [2.05, 4.69) is 19.2 Å². The van der Waals surface area contributed by atoms with Gasteiger partial charge in [0.2, 0.25) is 0 Å². The Morgan fingerprint density at radius 2 is 2.19 bits per heavy atom. The van der Waals surface area contributed by atoms with E-state index >= 15 is 0 Å². The molecule has 3 N–H and O–H groups in total. The minimum atomic E-state index is -0.281. The summed E-state index contributed by atoms with van der Waals surface area (Å²) in [4.78, 5) is 10.7. The van der Waals surface area contributed by atoms with E-state index in [1.807, 2.05) is 6.07 Å². The lowest BCUT2D eigenvalue weighted by atomic mass is 10.0. The first-order chi connectivity index (χ1) is 9.97. The molecule has 0 fully saturated rings. The molecule has 0 amide bonds. The number of carbonyl (C=O) groups is 1. The Kier molecular flexibility index (Phi) is 6.88. The molecule has 0 heterocycles. The third-order valence-corrected chi connectivity index (χ3v) is 3.01. The number of benzene rings is 1. The number of methoxy groups -OCH3 is 1. The Bertz CT molecular complexity index is 513. The quantitative estimate of drug-likeness (QED) is 0.569. The molecule has 0 spiro atoms. The molecule has 0 saturated heterocycles. The lowest BCUT2D eigenvalue weighted by Crippen LogP contribution is -2.23. The lowest BCUT2D eigenvalue weighted by Gasteiger charge is -2.13. The molecule has 0 aromatic heterocycles. The van der Waals surface area contributed by atoms with Gasteiger partial charge in [0.05, 0.1) is 18.0 Å². The van der Waals surface area contributed by atoms with E-state index in [4.69, 9.17) is 10.5 Å². The Morgan fingerprint density at radius 1 is 1.48 bits per heavy atom. The van der Waals surface area contributed by atoms with Gasteiger partial charge >= 0.3 is 0 Å². The highest BCUT2D eigenvalue weighted by atomic mass is 19.1. The van der Waals surface area contributed by atoms with Gasteiger partial charge in [0.15, 0.2) is 6.29 Å². The number of halogens is 1. The van der Waals surface area contributed by atoms with Gasteiger partial charge in [0.25, 0.3) is 0 Å². The van der Waals surface area contributed by atoms with Crippen molar-refractivity contribution in [2.24, 2.45) is 11.7 Å². The number of allylic oxidation sites excluding steroid dienone is 1. The Labute approximate surface area is 125 Å². The smallest absolute Gasteiger partial charge is 0.167 e. The van der Waals surface area contributed by atoms with Crippen molar-refractivity contribution >= 4 is 6.29 Å². The molecular formula is C16H23FN2O2. The normalized spacial score (nSPS) is 12.2. The van der Waals surface area contributed by atoms with Crippen molar-refractivity contribution in [1.29, 1.82) is 0 Å². The number of hydrogen-bond acceptors (Lipinski definition) is 4. The van der Waals surface area contributed by atoms with E-state index in [1.54, 1.807) is 6.07 Å². The second-order valence-corrected chi connectivity index (χ2v) is 5.36. The second-order valence-electron chi connectivity index (χ2n) is 5.36. The largest absolute Gasteiger partial charge is 0.395 e. The first-order valence-electron chi connectivity index (χ1n) is 6.91. The van der Waals surface area contributed by atoms with Gasteiger partial charge in [0, 0.05) is 19.2 Å². The average molecular weight is 294 g/mol. The standard InChI is InChI=1S/C16H23FN2O2/c1-11(2)6-12-4-5-14(17)13(7-12)8-19-16(10-21-3)15(18)9-20/h4-5,7,9,11,19H,6,8,10,18H2,1-3H3/b16-15-. The van der Waals surface area contributed by atoms with Gasteiger partial charge in [-0.05, 0) is 24.0 Å². The number of aldehydes is 1. The maximum atomic E-state index is 13.8. The summed E-state index contributed by atoms with van der Waals surface area (Å²) in [5.74, 6) is 0.224. The summed E-state index contributed by atoms with van der Waals surface area (Å²) >= 11 is 0. The SMILES string of the molecule is COC/C(NCc1cc(CC(C)C)ccc1F)=C(/N)C=O. The third-order valence-electron chi connectivity index (χ3n) is 3.01. The molecule has 0 unspecified atom stereocenters. The van der Waals surface area contributed by atoms with Gasteiger partial charge in [-0.25, -0.2) is 4.39 Å². The minimum Gasteiger partial charge on any atom is -0.395 e. The highest BCUT2D eigenvalue weighted by Gasteiger charge is 2.08. The van der Waals surface area contributed by atoms with Gasteiger partial charge in [-0.2, -0.15) is 0 Å². The van der Waals surface area contributed by atoms with Crippen LogP contribution in [0.3, 0.4) is 0 Å². The number of nitrogens with two attached hydrogens (primary N) is 1. The first-order valence-corrected chi connectivity index (χ1v) is 6.91. The number of ether oxygens (including phenoxy) is 1. The summed E-state index contributed by atoms with van der Waals surface area (Å²) in [6, 6.07) is 5.10. The van der Waals surface area contributed by atoms with Gasteiger partial charge in [-0.1, -0.05) is 26.0 Å². The summed E-state index contributed by atoms with van der Waals surface area (Å²) in [6.45, 7) is 4.67. The van der Waals surface area contributed by atoms with Crippen LogP contribution in [0.2, 0.25) is 0 Å². The molecule has 0 atom stereocenters. The van der Waals surface area contributed by atoms with Crippen LogP contribution in [0.1, 0.15) is 25.0 Å². The fourth-order valence-electron chi connectivity index (χ4n) is 2.02. The average Bonchev–Trinajstić information content (AvgIpc) is 2.45. The van der Waals surface area contributed by atoms with Crippen molar-refractivity contribution in [3.05, 3.63) is 46.5 Å². The highest BCUT2D eigenvalue weighted by Crippen LogP contribution is 2.14. The number of rotatable bonds is 8. The summed E-state index contributed by atoms with van der Waals surface area (Å²) < 4.78 is 18.8. The molecule has 0 aliphatic heterocycles. The molecule has 0 saturated carbocycles. The Hall–Kier alpha value is -1.88. The van der Waals surface area contributed by atoms with E-state index in [9.17, 15) is 9.18 Å². The van der Waals surface area contributed by atoms with Crippen molar-refractivity contribution in [3.8, 4) is 0 Å². The molecule has 1 rings (SSSR count). The zero-order valence-electron chi connectivity index (χ0n) is 12.8. The summed E-state index contributed by atoms with van der Waals surface area (Å²) in [5.41, 5.74) is 7.73. The van der Waals surface area contributed by atoms with Crippen LogP contribution in [0.4, 0.5) is 4.39 Å². The van der Waals surface area contributed by atoms with E-state index < -0.39 is 0 Å². The minimum absolute atomic E-state index is 0.0654. The van der Waals surface area contributed by atoms with Crippen LogP contribution in [0.25, 0.3) is 0 Å². The molecule has 1 aromatic carbocycles. The number of carbonyl (C=O) groups excluding carboxylic acids is 1. The van der Waals surface area contributed by atoms with Gasteiger partial charge in [-0.15, -0.1) is 0 Å². The van der Waals surface area contributed by atoms with Crippen molar-refractivity contribution in [2.45, 2.75) is 26.8 Å². The van der Waals surface area contributed by atoms with Crippen LogP contribution in [0, 0.1) is 11.7 Å². The molecule has 0 radical (unpaired) electrons. The van der Waals surface area contributed by atoms with Crippen LogP contribution < -0.4 is 11.1 Å². The molecule has 0 aliphatic rings. The molecule has 21 heavy (non-hydrogen) atoms. The molecule has 0 aliphatic carbocycles. The zero-order valence-corrected chi connectivity index (χ0v) is 12.8. The fourth-order valence-corrected chi connectivity index (χ4v) is 2.02. The lowest BCUT2D eigenvalue weighted by molar-refractivity contribution is -0.105. The topological polar surface area (TPSA) is 64.3 Å². The van der Waals surface area contributed by atoms with Crippen molar-refractivity contribution in [1.82, 2.24) is 5.32 Å². The van der Waals surface area contributed by atoms with Crippen LogP contribution in [-0.4, -0.2) is 20.0 Å². The molecule has 4 nitrogen and oxygen atoms in total. The summed E-state index contributed by atoms with van der Waals surface area (Å²) in [5, 5.41) is 2.97. The number of hydrogen-bond donors (Lipinski definition) is 2. The predicted molar refractivity (Wildman–Crippen MR) is 80.9 cm³/mol. The second kappa shape index (κ2) is 8.42. The van der Waals surface area contributed by atoms with Gasteiger partial charge < -0.3 is 15.8 Å². The zero-order chi connectivity index (χ0) is 15.8. The summed E-state index contributed by atoms with van der Waals surface area (Å²) in [6.07, 6.45) is 1.44. The molecule has 116 valence electrons. The first kappa shape index (κ1) is 17.2. The predicted octanol–water partition coefficient (Wildman–Crippen LogP) is 2.13. The highest BCUT2D eigenvalue weighted by molar-refractivity contribution is 5.72. The molecule has 0 bridgehead atoms. The van der Waals surface area contributed by atoms with E-state index in [0.29, 0.717) is 23.5 Å². The van der Waals surface area contributed by atoms with Crippen LogP contribution in [-0.2, 0) is 22.5 Å². The van der Waals surface area contributed by atoms with Crippen LogP contribution in [0.15, 0.2) is 29.6 Å². The molecule has 5 heteroatoms.